The second-order valence-electron chi connectivity index (χ2n) is 6.93. The minimum Gasteiger partial charge on any atom is -0.374 e. The van der Waals surface area contributed by atoms with E-state index in [9.17, 15) is 4.79 Å². The number of ether oxygens (including phenoxy) is 1. The highest BCUT2D eigenvalue weighted by molar-refractivity contribution is 5.95. The van der Waals surface area contributed by atoms with Crippen LogP contribution >= 0.6 is 0 Å². The zero-order chi connectivity index (χ0) is 16.4. The highest BCUT2D eigenvalue weighted by Crippen LogP contribution is 2.30. The number of hydrogen-bond donors (Lipinski definition) is 0. The summed E-state index contributed by atoms with van der Waals surface area (Å²) < 4.78 is 7.61. The molecule has 0 unspecified atom stereocenters. The Morgan fingerprint density at radius 3 is 2.83 bits per heavy atom. The Balaban J connectivity index is 1.73. The van der Waals surface area contributed by atoms with Gasteiger partial charge in [0.05, 0.1) is 24.0 Å². The predicted octanol–water partition coefficient (Wildman–Crippen LogP) is 1.17. The molecule has 1 saturated carbocycles. The van der Waals surface area contributed by atoms with Gasteiger partial charge in [0.1, 0.15) is 0 Å². The molecular formula is C17H28N4O2. The van der Waals surface area contributed by atoms with Gasteiger partial charge in [0.2, 0.25) is 0 Å². The summed E-state index contributed by atoms with van der Waals surface area (Å²) in [6, 6.07) is 0. The van der Waals surface area contributed by atoms with E-state index in [-0.39, 0.29) is 12.0 Å². The van der Waals surface area contributed by atoms with Crippen molar-refractivity contribution < 1.29 is 9.53 Å². The predicted molar refractivity (Wildman–Crippen MR) is 88.5 cm³/mol. The maximum atomic E-state index is 13.1. The molecule has 0 N–H and O–H groups in total. The maximum Gasteiger partial charge on any atom is 0.257 e. The van der Waals surface area contributed by atoms with E-state index in [0.717, 1.165) is 43.9 Å². The summed E-state index contributed by atoms with van der Waals surface area (Å²) >= 11 is 0. The second-order valence-corrected chi connectivity index (χ2v) is 6.93. The van der Waals surface area contributed by atoms with Crippen molar-refractivity contribution >= 4 is 5.91 Å². The van der Waals surface area contributed by atoms with Crippen molar-refractivity contribution in [3.8, 4) is 0 Å². The topological polar surface area (TPSA) is 50.6 Å². The van der Waals surface area contributed by atoms with E-state index in [2.05, 4.69) is 17.0 Å². The zero-order valence-electron chi connectivity index (χ0n) is 14.5. The van der Waals surface area contributed by atoms with Crippen LogP contribution in [-0.4, -0.2) is 71.4 Å². The van der Waals surface area contributed by atoms with E-state index in [1.807, 2.05) is 25.1 Å². The Morgan fingerprint density at radius 1 is 1.39 bits per heavy atom. The van der Waals surface area contributed by atoms with E-state index in [4.69, 9.17) is 4.74 Å². The minimum atomic E-state index is 0.109. The molecular weight excluding hydrogens is 292 g/mol. The van der Waals surface area contributed by atoms with Crippen LogP contribution < -0.4 is 0 Å². The van der Waals surface area contributed by atoms with Crippen molar-refractivity contribution in [1.29, 1.82) is 0 Å². The standard InChI is InChI=1S/C17H28N4O2/c1-4-16-15(12-20(3)18-16)17(22)21(9-13-5-6-13)11-14-10-19(2)7-8-23-14/h12-14H,4-11H2,1-3H3/t14-/m0/s1. The number of hydrogen-bond acceptors (Lipinski definition) is 4. The highest BCUT2D eigenvalue weighted by Gasteiger charge is 2.31. The Kier molecular flexibility index (Phi) is 5.02. The number of amides is 1. The molecule has 2 heterocycles. The molecule has 128 valence electrons. The number of rotatable bonds is 6. The molecule has 2 aliphatic rings. The highest BCUT2D eigenvalue weighted by atomic mass is 16.5. The molecule has 2 fully saturated rings. The monoisotopic (exact) mass is 320 g/mol. The van der Waals surface area contributed by atoms with E-state index < -0.39 is 0 Å². The van der Waals surface area contributed by atoms with Crippen molar-refractivity contribution in [1.82, 2.24) is 19.6 Å². The average Bonchev–Trinajstić information content (AvgIpc) is 3.26. The van der Waals surface area contributed by atoms with E-state index in [1.165, 1.54) is 12.8 Å². The van der Waals surface area contributed by atoms with Gasteiger partial charge in [0.15, 0.2) is 0 Å². The van der Waals surface area contributed by atoms with Crippen LogP contribution in [0.15, 0.2) is 6.20 Å². The normalized spacial score (nSPS) is 22.3. The SMILES string of the molecule is CCc1nn(C)cc1C(=O)N(CC1CC1)C[C@@H]1CN(C)CCO1. The third-order valence-corrected chi connectivity index (χ3v) is 4.70. The molecule has 0 spiro atoms. The molecule has 1 atom stereocenters. The number of likely N-dealkylation sites (N-methyl/N-ethyl adjacent to an activating group) is 1. The molecule has 6 nitrogen and oxygen atoms in total. The molecule has 1 saturated heterocycles. The molecule has 0 aromatic carbocycles. The van der Waals surface area contributed by atoms with Gasteiger partial charge in [-0.1, -0.05) is 6.92 Å². The van der Waals surface area contributed by atoms with Gasteiger partial charge >= 0.3 is 0 Å². The van der Waals surface area contributed by atoms with Crippen LogP contribution in [0.2, 0.25) is 0 Å². The van der Waals surface area contributed by atoms with E-state index in [1.54, 1.807) is 4.68 Å². The number of morpholine rings is 1. The number of nitrogens with zero attached hydrogens (tertiary/aromatic N) is 4. The van der Waals surface area contributed by atoms with Crippen molar-refractivity contribution in [3.05, 3.63) is 17.5 Å². The molecule has 3 rings (SSSR count). The molecule has 23 heavy (non-hydrogen) atoms. The van der Waals surface area contributed by atoms with Crippen LogP contribution in [0.4, 0.5) is 0 Å². The molecule has 6 heteroatoms. The van der Waals surface area contributed by atoms with Gasteiger partial charge in [-0.3, -0.25) is 9.48 Å². The van der Waals surface area contributed by atoms with Gasteiger partial charge in [-0.2, -0.15) is 5.10 Å². The third-order valence-electron chi connectivity index (χ3n) is 4.70. The average molecular weight is 320 g/mol. The molecule has 1 aromatic heterocycles. The first-order chi connectivity index (χ1) is 11.1. The fourth-order valence-electron chi connectivity index (χ4n) is 3.22. The molecule has 0 radical (unpaired) electrons. The van der Waals surface area contributed by atoms with Gasteiger partial charge in [0, 0.05) is 39.4 Å². The summed E-state index contributed by atoms with van der Waals surface area (Å²) in [5, 5.41) is 4.42. The second kappa shape index (κ2) is 7.01. The molecule has 1 aliphatic heterocycles. The third kappa shape index (κ3) is 4.12. The fraction of sp³-hybridized carbons (Fsp3) is 0.765. The smallest absolute Gasteiger partial charge is 0.257 e. The van der Waals surface area contributed by atoms with Crippen molar-refractivity contribution in [2.24, 2.45) is 13.0 Å². The fourth-order valence-corrected chi connectivity index (χ4v) is 3.22. The zero-order valence-corrected chi connectivity index (χ0v) is 14.5. The molecule has 0 bridgehead atoms. The van der Waals surface area contributed by atoms with Crippen molar-refractivity contribution in [2.45, 2.75) is 32.3 Å². The van der Waals surface area contributed by atoms with Gasteiger partial charge < -0.3 is 14.5 Å². The Labute approximate surface area is 138 Å². The summed E-state index contributed by atoms with van der Waals surface area (Å²) in [6.07, 6.45) is 5.22. The largest absolute Gasteiger partial charge is 0.374 e. The lowest BCUT2D eigenvalue weighted by atomic mass is 10.1. The van der Waals surface area contributed by atoms with E-state index >= 15 is 0 Å². The van der Waals surface area contributed by atoms with Crippen LogP contribution in [0, 0.1) is 5.92 Å². The molecule has 1 aromatic rings. The van der Waals surface area contributed by atoms with E-state index in [0.29, 0.717) is 12.5 Å². The minimum absolute atomic E-state index is 0.109. The number of carbonyl (C=O) groups excluding carboxylic acids is 1. The van der Waals surface area contributed by atoms with Crippen molar-refractivity contribution in [2.75, 3.05) is 39.8 Å². The number of aryl methyl sites for hydroxylation is 2. The van der Waals surface area contributed by atoms with Crippen LogP contribution in [-0.2, 0) is 18.2 Å². The Morgan fingerprint density at radius 2 is 2.17 bits per heavy atom. The Hall–Kier alpha value is -1.40. The first-order valence-electron chi connectivity index (χ1n) is 8.68. The Bertz CT molecular complexity index is 553. The lowest BCUT2D eigenvalue weighted by molar-refractivity contribution is -0.0331. The van der Waals surface area contributed by atoms with Gasteiger partial charge in [-0.05, 0) is 32.2 Å². The van der Waals surface area contributed by atoms with Gasteiger partial charge in [0.25, 0.3) is 5.91 Å². The maximum absolute atomic E-state index is 13.1. The lowest BCUT2D eigenvalue weighted by Crippen LogP contribution is -2.48. The van der Waals surface area contributed by atoms with Crippen molar-refractivity contribution in [3.63, 3.8) is 0 Å². The lowest BCUT2D eigenvalue weighted by Gasteiger charge is -2.34. The van der Waals surface area contributed by atoms with Gasteiger partial charge in [-0.25, -0.2) is 0 Å². The first kappa shape index (κ1) is 16.5. The summed E-state index contributed by atoms with van der Waals surface area (Å²) in [5.74, 6) is 0.778. The van der Waals surface area contributed by atoms with Gasteiger partial charge in [-0.15, -0.1) is 0 Å². The summed E-state index contributed by atoms with van der Waals surface area (Å²) in [7, 11) is 3.99. The first-order valence-corrected chi connectivity index (χ1v) is 8.68. The summed E-state index contributed by atoms with van der Waals surface area (Å²) in [6.45, 7) is 6.18. The summed E-state index contributed by atoms with van der Waals surface area (Å²) in [5.41, 5.74) is 1.64. The number of aromatic nitrogens is 2. The van der Waals surface area contributed by atoms with Crippen LogP contribution in [0.25, 0.3) is 0 Å². The number of carbonyl (C=O) groups is 1. The molecule has 1 amide bonds. The van der Waals surface area contributed by atoms with Crippen LogP contribution in [0.5, 0.6) is 0 Å². The quantitative estimate of drug-likeness (QED) is 0.789. The summed E-state index contributed by atoms with van der Waals surface area (Å²) in [4.78, 5) is 17.3. The molecule has 1 aliphatic carbocycles. The van der Waals surface area contributed by atoms with Crippen LogP contribution in [0.3, 0.4) is 0 Å². The van der Waals surface area contributed by atoms with Crippen LogP contribution in [0.1, 0.15) is 35.8 Å².